The van der Waals surface area contributed by atoms with Crippen LogP contribution < -0.4 is 0 Å². The van der Waals surface area contributed by atoms with Crippen LogP contribution in [0.3, 0.4) is 0 Å². The van der Waals surface area contributed by atoms with E-state index in [1.165, 1.54) is 36.5 Å². The monoisotopic (exact) mass is 830 g/mol. The van der Waals surface area contributed by atoms with Crippen LogP contribution in [0.4, 0.5) is 0 Å². The molecule has 0 aliphatic rings. The Morgan fingerprint density at radius 1 is 0.379 bits per heavy atom. The second-order valence-corrected chi connectivity index (χ2v) is 10.4. The fourth-order valence-electron chi connectivity index (χ4n) is 2.69. The first kappa shape index (κ1) is 25.0. The summed E-state index contributed by atoms with van der Waals surface area (Å²) < 4.78 is 5.28. The van der Waals surface area contributed by atoms with E-state index >= 15 is 0 Å². The molecule has 0 aromatic heterocycles. The first-order chi connectivity index (χ1) is 13.6. The van der Waals surface area contributed by atoms with Crippen molar-refractivity contribution in [2.24, 2.45) is 0 Å². The van der Waals surface area contributed by atoms with Gasteiger partial charge >= 0.3 is 0 Å². The molecule has 0 unspecified atom stereocenters. The summed E-state index contributed by atoms with van der Waals surface area (Å²) in [5, 5.41) is 0. The lowest BCUT2D eigenvalue weighted by Crippen LogP contribution is -1.85. The molecule has 0 bridgehead atoms. The molecule has 0 saturated heterocycles. The Kier molecular flexibility index (Phi) is 10.9. The number of halogens is 4. The van der Waals surface area contributed by atoms with Crippen molar-refractivity contribution in [1.29, 1.82) is 0 Å². The molecule has 2 N–H and O–H groups in total. The lowest BCUT2D eigenvalue weighted by molar-refractivity contribution is 0.824. The molecule has 1 nitrogen and oxygen atoms in total. The van der Waals surface area contributed by atoms with Crippen molar-refractivity contribution in [2.45, 2.75) is 0 Å². The van der Waals surface area contributed by atoms with Crippen molar-refractivity contribution in [3.05, 3.63) is 111 Å². The van der Waals surface area contributed by atoms with Crippen LogP contribution in [-0.4, -0.2) is 5.48 Å². The summed E-state index contributed by atoms with van der Waals surface area (Å²) in [7, 11) is 0. The van der Waals surface area contributed by atoms with Gasteiger partial charge in [-0.15, -0.1) is 0 Å². The van der Waals surface area contributed by atoms with E-state index in [1.54, 1.807) is 0 Å². The van der Waals surface area contributed by atoms with E-state index in [0.717, 1.165) is 0 Å². The van der Waals surface area contributed by atoms with E-state index in [4.69, 9.17) is 0 Å². The highest BCUT2D eigenvalue weighted by molar-refractivity contribution is 14.1. The molecule has 0 saturated carbocycles. The van der Waals surface area contributed by atoms with E-state index < -0.39 is 0 Å². The van der Waals surface area contributed by atoms with Gasteiger partial charge in [-0.1, -0.05) is 84.9 Å². The Labute approximate surface area is 226 Å². The van der Waals surface area contributed by atoms with Gasteiger partial charge < -0.3 is 5.48 Å². The highest BCUT2D eigenvalue weighted by atomic mass is 127. The van der Waals surface area contributed by atoms with Gasteiger partial charge in [-0.2, -0.15) is 0 Å². The highest BCUT2D eigenvalue weighted by Crippen LogP contribution is 2.29. The maximum Gasteiger partial charge on any atom is 0.0342 e. The van der Waals surface area contributed by atoms with E-state index in [9.17, 15) is 0 Å². The number of benzene rings is 4. The molecule has 29 heavy (non-hydrogen) atoms. The smallest absolute Gasteiger partial charge is 0.0342 e. The van der Waals surface area contributed by atoms with E-state index in [1.807, 2.05) is 12.1 Å². The summed E-state index contributed by atoms with van der Waals surface area (Å²) in [6.07, 6.45) is 0. The molecule has 4 aromatic rings. The van der Waals surface area contributed by atoms with Gasteiger partial charge in [0.15, 0.2) is 0 Å². The normalized spacial score (nSPS) is 9.79. The van der Waals surface area contributed by atoms with Gasteiger partial charge in [-0.3, -0.25) is 0 Å². The molecule has 0 amide bonds. The van der Waals surface area contributed by atoms with Crippen molar-refractivity contribution in [3.63, 3.8) is 0 Å². The molecule has 0 heterocycles. The van der Waals surface area contributed by atoms with Crippen LogP contribution in [0, 0.1) is 14.3 Å². The molecule has 0 spiro atoms. The van der Waals surface area contributed by atoms with Gasteiger partial charge in [0.1, 0.15) is 0 Å². The van der Waals surface area contributed by atoms with Gasteiger partial charge in [0.25, 0.3) is 0 Å². The first-order valence-corrected chi connectivity index (χ1v) is 12.9. The molecule has 0 radical (unpaired) electrons. The molecule has 5 heteroatoms. The van der Waals surface area contributed by atoms with Crippen LogP contribution in [-0.2, 0) is 0 Å². The second-order valence-electron chi connectivity index (χ2n) is 5.93. The van der Waals surface area contributed by atoms with Gasteiger partial charge in [-0.25, -0.2) is 0 Å². The number of rotatable bonds is 2. The lowest BCUT2D eigenvalue weighted by atomic mass is 10.1. The van der Waals surface area contributed by atoms with Gasteiger partial charge in [-0.05, 0) is 125 Å². The van der Waals surface area contributed by atoms with E-state index in [0.29, 0.717) is 0 Å². The zero-order chi connectivity index (χ0) is 19.9. The quantitative estimate of drug-likeness (QED) is 0.182. The highest BCUT2D eigenvalue weighted by Gasteiger charge is 2.05. The molecule has 4 rings (SSSR count). The predicted octanol–water partition coefficient (Wildman–Crippen LogP) is 8.30. The van der Waals surface area contributed by atoms with Crippen LogP contribution in [0.25, 0.3) is 22.3 Å². The minimum atomic E-state index is 0. The topological polar surface area (TPSA) is 31.5 Å². The van der Waals surface area contributed by atoms with Crippen molar-refractivity contribution < 1.29 is 5.48 Å². The summed E-state index contributed by atoms with van der Waals surface area (Å²) in [5.74, 6) is 0. The van der Waals surface area contributed by atoms with Crippen LogP contribution in [0.1, 0.15) is 0 Å². The Bertz CT molecular complexity index is 964. The van der Waals surface area contributed by atoms with Crippen LogP contribution in [0.5, 0.6) is 0 Å². The average Bonchev–Trinajstić information content (AvgIpc) is 2.74. The third kappa shape index (κ3) is 6.88. The third-order valence-corrected chi connectivity index (χ3v) is 10.3. The largest absolute Gasteiger partial charge is 0.412 e. The fourth-order valence-corrected chi connectivity index (χ4v) is 5.03. The first-order valence-electron chi connectivity index (χ1n) is 8.57. The molecule has 148 valence electrons. The van der Waals surface area contributed by atoms with Crippen molar-refractivity contribution in [3.8, 4) is 22.3 Å². The zero-order valence-corrected chi connectivity index (χ0v) is 23.9. The summed E-state index contributed by atoms with van der Waals surface area (Å²) in [6, 6.07) is 33.8. The van der Waals surface area contributed by atoms with Crippen LogP contribution >= 0.6 is 90.4 Å². The number of hydrogen-bond acceptors (Lipinski definition) is 0. The molecule has 0 aliphatic heterocycles. The fraction of sp³-hybridized carbons (Fsp3) is 0. The van der Waals surface area contributed by atoms with Crippen LogP contribution in [0.15, 0.2) is 97.1 Å². The van der Waals surface area contributed by atoms with Gasteiger partial charge in [0, 0.05) is 14.3 Å². The second kappa shape index (κ2) is 12.6. The van der Waals surface area contributed by atoms with E-state index in [-0.39, 0.29) is 5.48 Å². The molecule has 0 fully saturated rings. The Morgan fingerprint density at radius 3 is 1.07 bits per heavy atom. The Hall–Kier alpha value is -0.240. The summed E-state index contributed by atoms with van der Waals surface area (Å²) in [6.45, 7) is 0. The molecular formula is C24H18I4O. The van der Waals surface area contributed by atoms with Crippen LogP contribution in [0.2, 0.25) is 0 Å². The SMILES string of the molecule is Ic1cccc(-c2ccccc2)c1I.Ic1cccc(-c2ccccc2)c1I.O. The summed E-state index contributed by atoms with van der Waals surface area (Å²) >= 11 is 9.54. The standard InChI is InChI=1S/2C12H8I2.H2O/c2*13-11-8-4-7-10(12(11)14)9-5-2-1-3-6-9;/h2*1-8H;1H2. The van der Waals surface area contributed by atoms with Crippen molar-refractivity contribution in [2.75, 3.05) is 0 Å². The van der Waals surface area contributed by atoms with Crippen molar-refractivity contribution in [1.82, 2.24) is 0 Å². The minimum Gasteiger partial charge on any atom is -0.412 e. The average molecular weight is 830 g/mol. The predicted molar refractivity (Wildman–Crippen MR) is 158 cm³/mol. The zero-order valence-electron chi connectivity index (χ0n) is 15.2. The Morgan fingerprint density at radius 2 is 0.724 bits per heavy atom. The third-order valence-electron chi connectivity index (χ3n) is 4.07. The van der Waals surface area contributed by atoms with Gasteiger partial charge in [0.2, 0.25) is 0 Å². The molecule has 4 aromatic carbocycles. The molecule has 0 atom stereocenters. The summed E-state index contributed by atoms with van der Waals surface area (Å²) in [4.78, 5) is 0. The van der Waals surface area contributed by atoms with Gasteiger partial charge in [0.05, 0.1) is 0 Å². The summed E-state index contributed by atoms with van der Waals surface area (Å²) in [5.41, 5.74) is 5.21. The molecular weight excluding hydrogens is 812 g/mol. The van der Waals surface area contributed by atoms with Crippen molar-refractivity contribution >= 4 is 90.4 Å². The maximum absolute atomic E-state index is 2.40. The number of hydrogen-bond donors (Lipinski definition) is 0. The minimum absolute atomic E-state index is 0. The maximum atomic E-state index is 2.40. The Balaban J connectivity index is 0.000000200. The van der Waals surface area contributed by atoms with E-state index in [2.05, 4.69) is 175 Å². The lowest BCUT2D eigenvalue weighted by Gasteiger charge is -2.05. The molecule has 0 aliphatic carbocycles.